The van der Waals surface area contributed by atoms with Gasteiger partial charge in [-0.25, -0.2) is 9.18 Å². The van der Waals surface area contributed by atoms with E-state index in [1.165, 1.54) is 35.2 Å². The van der Waals surface area contributed by atoms with Gasteiger partial charge in [0.15, 0.2) is 0 Å². The third-order valence-electron chi connectivity index (χ3n) is 5.45. The Labute approximate surface area is 182 Å². The first-order valence-corrected chi connectivity index (χ1v) is 10.0. The summed E-state index contributed by atoms with van der Waals surface area (Å²) >= 11 is 5.77. The first-order valence-electron chi connectivity index (χ1n) is 9.66. The van der Waals surface area contributed by atoms with Gasteiger partial charge in [-0.05, 0) is 43.7 Å². The fourth-order valence-corrected chi connectivity index (χ4v) is 4.19. The lowest BCUT2D eigenvalue weighted by atomic mass is 9.93. The number of nitrogens with zero attached hydrogens (tertiary/aromatic N) is 2. The summed E-state index contributed by atoms with van der Waals surface area (Å²) in [5, 5.41) is 0.323. The topological polar surface area (TPSA) is 84.0 Å². The van der Waals surface area contributed by atoms with E-state index in [9.17, 15) is 23.6 Å². The van der Waals surface area contributed by atoms with Gasteiger partial charge in [0.1, 0.15) is 5.82 Å². The summed E-state index contributed by atoms with van der Waals surface area (Å²) in [6, 6.07) is 9.04. The molecule has 1 saturated heterocycles. The maximum Gasteiger partial charge on any atom is 0.339 e. The molecule has 2 aromatic rings. The summed E-state index contributed by atoms with van der Waals surface area (Å²) in [4.78, 5) is 57.4. The number of likely N-dealkylation sites (tertiary alicyclic amines) is 1. The Morgan fingerprint density at radius 3 is 2.26 bits per heavy atom. The summed E-state index contributed by atoms with van der Waals surface area (Å²) in [7, 11) is 0. The molecule has 0 N–H and O–H groups in total. The Kier molecular flexibility index (Phi) is 5.26. The SMILES string of the molecule is CC(C)N1C(=O)CC(C(=O)ON2C(=O)c3ccccc3C2=O)C1c1ccc(Cl)c(F)c1. The van der Waals surface area contributed by atoms with Gasteiger partial charge in [0.05, 0.1) is 28.1 Å². The summed E-state index contributed by atoms with van der Waals surface area (Å²) in [5.74, 6) is -4.48. The first-order chi connectivity index (χ1) is 14.7. The molecule has 2 aromatic carbocycles. The van der Waals surface area contributed by atoms with Gasteiger partial charge >= 0.3 is 5.97 Å². The Balaban J connectivity index is 1.65. The molecular weight excluding hydrogens is 427 g/mol. The van der Waals surface area contributed by atoms with Crippen LogP contribution in [0.3, 0.4) is 0 Å². The second-order valence-electron chi connectivity index (χ2n) is 7.68. The largest absolute Gasteiger partial charge is 0.339 e. The van der Waals surface area contributed by atoms with Crippen molar-refractivity contribution < 1.29 is 28.4 Å². The quantitative estimate of drug-likeness (QED) is 0.673. The average Bonchev–Trinajstić information content (AvgIpc) is 3.20. The minimum absolute atomic E-state index is 0.0886. The van der Waals surface area contributed by atoms with Crippen LogP contribution in [0.2, 0.25) is 5.02 Å². The van der Waals surface area contributed by atoms with E-state index >= 15 is 0 Å². The predicted octanol–water partition coefficient (Wildman–Crippen LogP) is 3.53. The zero-order valence-corrected chi connectivity index (χ0v) is 17.4. The molecule has 0 bridgehead atoms. The summed E-state index contributed by atoms with van der Waals surface area (Å²) in [6.07, 6.45) is -0.199. The third kappa shape index (κ3) is 3.46. The molecule has 2 unspecified atom stereocenters. The van der Waals surface area contributed by atoms with Crippen LogP contribution < -0.4 is 0 Å². The lowest BCUT2D eigenvalue weighted by molar-refractivity contribution is -0.174. The monoisotopic (exact) mass is 444 g/mol. The zero-order chi connectivity index (χ0) is 22.4. The molecule has 3 amide bonds. The van der Waals surface area contributed by atoms with E-state index < -0.39 is 35.6 Å². The highest BCUT2D eigenvalue weighted by atomic mass is 35.5. The maximum absolute atomic E-state index is 14.1. The highest BCUT2D eigenvalue weighted by Gasteiger charge is 2.49. The van der Waals surface area contributed by atoms with Crippen molar-refractivity contribution in [3.8, 4) is 0 Å². The number of rotatable bonds is 4. The van der Waals surface area contributed by atoms with Gasteiger partial charge in [-0.2, -0.15) is 0 Å². The Hall–Kier alpha value is -3.26. The molecule has 9 heteroatoms. The Morgan fingerprint density at radius 2 is 1.71 bits per heavy atom. The van der Waals surface area contributed by atoms with Crippen molar-refractivity contribution in [1.82, 2.24) is 9.96 Å². The van der Waals surface area contributed by atoms with Crippen molar-refractivity contribution in [2.24, 2.45) is 5.92 Å². The molecule has 0 aromatic heterocycles. The van der Waals surface area contributed by atoms with Crippen LogP contribution in [0.25, 0.3) is 0 Å². The number of hydrogen-bond acceptors (Lipinski definition) is 5. The molecule has 31 heavy (non-hydrogen) atoms. The molecule has 0 aliphatic carbocycles. The van der Waals surface area contributed by atoms with Gasteiger partial charge in [0.25, 0.3) is 11.8 Å². The van der Waals surface area contributed by atoms with Gasteiger partial charge < -0.3 is 9.74 Å². The molecule has 0 radical (unpaired) electrons. The van der Waals surface area contributed by atoms with Crippen LogP contribution in [-0.2, 0) is 14.4 Å². The first kappa shape index (κ1) is 21.0. The van der Waals surface area contributed by atoms with Crippen molar-refractivity contribution >= 4 is 35.3 Å². The standard InChI is InChI=1S/C22H18ClFN2O5/c1-11(2)25-18(27)10-15(19(25)12-7-8-16(23)17(24)9-12)22(30)31-26-20(28)13-5-3-4-6-14(13)21(26)29/h3-9,11,15,19H,10H2,1-2H3. The highest BCUT2D eigenvalue weighted by Crippen LogP contribution is 2.41. The Bertz CT molecular complexity index is 1080. The lowest BCUT2D eigenvalue weighted by Gasteiger charge is -2.31. The van der Waals surface area contributed by atoms with Crippen LogP contribution in [0, 0.1) is 11.7 Å². The number of hydroxylamine groups is 2. The number of carbonyl (C=O) groups is 4. The van der Waals surface area contributed by atoms with E-state index in [1.54, 1.807) is 26.0 Å². The zero-order valence-electron chi connectivity index (χ0n) is 16.7. The van der Waals surface area contributed by atoms with Crippen LogP contribution in [0.4, 0.5) is 4.39 Å². The van der Waals surface area contributed by atoms with Crippen molar-refractivity contribution in [1.29, 1.82) is 0 Å². The van der Waals surface area contributed by atoms with Gasteiger partial charge in [-0.3, -0.25) is 14.4 Å². The number of amides is 3. The van der Waals surface area contributed by atoms with Gasteiger partial charge in [-0.1, -0.05) is 34.9 Å². The number of halogens is 2. The van der Waals surface area contributed by atoms with Gasteiger partial charge in [0.2, 0.25) is 5.91 Å². The molecule has 2 heterocycles. The fraction of sp³-hybridized carbons (Fsp3) is 0.273. The summed E-state index contributed by atoms with van der Waals surface area (Å²) < 4.78 is 14.1. The molecule has 160 valence electrons. The second-order valence-corrected chi connectivity index (χ2v) is 8.09. The van der Waals surface area contributed by atoms with E-state index in [0.29, 0.717) is 10.6 Å². The fourth-order valence-electron chi connectivity index (χ4n) is 4.07. The van der Waals surface area contributed by atoms with Crippen molar-refractivity contribution in [2.45, 2.75) is 32.4 Å². The van der Waals surface area contributed by atoms with Crippen molar-refractivity contribution in [3.63, 3.8) is 0 Å². The molecule has 2 atom stereocenters. The number of benzene rings is 2. The van der Waals surface area contributed by atoms with Crippen LogP contribution in [0.1, 0.15) is 52.6 Å². The van der Waals surface area contributed by atoms with E-state index in [0.717, 1.165) is 0 Å². The molecule has 0 spiro atoms. The predicted molar refractivity (Wildman–Crippen MR) is 107 cm³/mol. The van der Waals surface area contributed by atoms with Crippen LogP contribution in [-0.4, -0.2) is 39.7 Å². The van der Waals surface area contributed by atoms with Gasteiger partial charge in [0, 0.05) is 12.5 Å². The molecule has 2 aliphatic heterocycles. The molecule has 7 nitrogen and oxygen atoms in total. The minimum atomic E-state index is -1.04. The second kappa shape index (κ2) is 7.77. The van der Waals surface area contributed by atoms with E-state index in [1.807, 2.05) is 0 Å². The van der Waals surface area contributed by atoms with E-state index in [-0.39, 0.29) is 34.5 Å². The normalized spacial score (nSPS) is 20.6. The van der Waals surface area contributed by atoms with E-state index in [4.69, 9.17) is 16.4 Å². The van der Waals surface area contributed by atoms with E-state index in [2.05, 4.69) is 0 Å². The highest BCUT2D eigenvalue weighted by molar-refractivity contribution is 6.30. The average molecular weight is 445 g/mol. The smallest absolute Gasteiger partial charge is 0.332 e. The van der Waals surface area contributed by atoms with Crippen LogP contribution >= 0.6 is 11.6 Å². The van der Waals surface area contributed by atoms with Crippen molar-refractivity contribution in [3.05, 3.63) is 70.0 Å². The number of fused-ring (bicyclic) bond motifs is 1. The van der Waals surface area contributed by atoms with Gasteiger partial charge in [-0.15, -0.1) is 0 Å². The third-order valence-corrected chi connectivity index (χ3v) is 5.75. The van der Waals surface area contributed by atoms with Crippen LogP contribution in [0.5, 0.6) is 0 Å². The number of hydrogen-bond donors (Lipinski definition) is 0. The van der Waals surface area contributed by atoms with Crippen molar-refractivity contribution in [2.75, 3.05) is 0 Å². The Morgan fingerprint density at radius 1 is 1.10 bits per heavy atom. The lowest BCUT2D eigenvalue weighted by Crippen LogP contribution is -2.39. The minimum Gasteiger partial charge on any atom is -0.332 e. The summed E-state index contributed by atoms with van der Waals surface area (Å²) in [5.41, 5.74) is 0.622. The summed E-state index contributed by atoms with van der Waals surface area (Å²) in [6.45, 7) is 3.55. The maximum atomic E-state index is 14.1. The molecule has 4 rings (SSSR count). The number of carbonyl (C=O) groups excluding carboxylic acids is 4. The number of imide groups is 1. The molecular formula is C22H18ClFN2O5. The molecule has 1 fully saturated rings. The van der Waals surface area contributed by atoms with Crippen LogP contribution in [0.15, 0.2) is 42.5 Å². The molecule has 2 aliphatic rings. The molecule has 0 saturated carbocycles.